The molecular weight excluding hydrogens is 216 g/mol. The molecule has 0 aromatic carbocycles. The van der Waals surface area contributed by atoms with Crippen molar-refractivity contribution in [1.29, 1.82) is 0 Å². The van der Waals surface area contributed by atoms with Crippen LogP contribution in [0.4, 0.5) is 5.95 Å². The summed E-state index contributed by atoms with van der Waals surface area (Å²) in [5.41, 5.74) is 1.86. The van der Waals surface area contributed by atoms with Crippen molar-refractivity contribution < 1.29 is 4.52 Å². The molecule has 0 bridgehead atoms. The zero-order valence-electron chi connectivity index (χ0n) is 10.1. The van der Waals surface area contributed by atoms with Crippen molar-refractivity contribution >= 4 is 5.95 Å². The van der Waals surface area contributed by atoms with Crippen LogP contribution in [0.25, 0.3) is 0 Å². The van der Waals surface area contributed by atoms with Crippen molar-refractivity contribution in [2.45, 2.75) is 20.4 Å². The fraction of sp³-hybridized carbons (Fsp3) is 0.333. The molecule has 0 spiro atoms. The Bertz CT molecular complexity index is 512. The highest BCUT2D eigenvalue weighted by Crippen LogP contribution is 2.12. The average molecular weight is 232 g/mol. The number of rotatable bonds is 5. The first-order valence-corrected chi connectivity index (χ1v) is 5.50. The smallest absolute Gasteiger partial charge is 0.203 e. The molecule has 0 aliphatic heterocycles. The molecule has 0 fully saturated rings. The molecule has 90 valence electrons. The van der Waals surface area contributed by atoms with Gasteiger partial charge in [-0.3, -0.25) is 0 Å². The van der Waals surface area contributed by atoms with Crippen molar-refractivity contribution in [3.63, 3.8) is 0 Å². The largest absolute Gasteiger partial charge is 0.361 e. The second-order valence-electron chi connectivity index (χ2n) is 3.93. The number of imidazole rings is 1. The van der Waals surface area contributed by atoms with Crippen molar-refractivity contribution in [1.82, 2.24) is 14.7 Å². The van der Waals surface area contributed by atoms with Crippen molar-refractivity contribution in [2.75, 3.05) is 11.9 Å². The Morgan fingerprint density at radius 1 is 1.53 bits per heavy atom. The van der Waals surface area contributed by atoms with E-state index in [2.05, 4.69) is 22.0 Å². The third-order valence-electron chi connectivity index (χ3n) is 2.31. The molecule has 5 heteroatoms. The van der Waals surface area contributed by atoms with E-state index in [1.54, 1.807) is 6.08 Å². The van der Waals surface area contributed by atoms with E-state index in [-0.39, 0.29) is 0 Å². The van der Waals surface area contributed by atoms with E-state index in [1.807, 2.05) is 30.7 Å². The first-order chi connectivity index (χ1) is 8.19. The molecule has 0 amide bonds. The second kappa shape index (κ2) is 4.86. The molecule has 2 aromatic rings. The Balaban J connectivity index is 2.16. The van der Waals surface area contributed by atoms with Crippen LogP contribution in [0.5, 0.6) is 0 Å². The van der Waals surface area contributed by atoms with Crippen LogP contribution in [0.15, 0.2) is 29.4 Å². The predicted molar refractivity (Wildman–Crippen MR) is 66.0 cm³/mol. The van der Waals surface area contributed by atoms with Gasteiger partial charge in [0.15, 0.2) is 0 Å². The van der Waals surface area contributed by atoms with E-state index in [0.29, 0.717) is 13.1 Å². The van der Waals surface area contributed by atoms with Crippen molar-refractivity contribution in [3.05, 3.63) is 42.1 Å². The lowest BCUT2D eigenvalue weighted by atomic mass is 10.4. The fourth-order valence-corrected chi connectivity index (χ4v) is 1.64. The van der Waals surface area contributed by atoms with Gasteiger partial charge in [-0.15, -0.1) is 6.58 Å². The Kier molecular flexibility index (Phi) is 3.27. The minimum absolute atomic E-state index is 0.650. The highest BCUT2D eigenvalue weighted by Gasteiger charge is 2.07. The van der Waals surface area contributed by atoms with Gasteiger partial charge in [0.1, 0.15) is 11.5 Å². The Labute approximate surface area is 100 Å². The highest BCUT2D eigenvalue weighted by molar-refractivity contribution is 5.30. The van der Waals surface area contributed by atoms with Crippen LogP contribution >= 0.6 is 0 Å². The van der Waals surface area contributed by atoms with Gasteiger partial charge in [0.05, 0.1) is 12.2 Å². The number of nitrogens with one attached hydrogen (secondary N) is 1. The molecule has 2 aromatic heterocycles. The molecule has 0 saturated carbocycles. The molecule has 0 radical (unpaired) electrons. The average Bonchev–Trinajstić information content (AvgIpc) is 2.83. The van der Waals surface area contributed by atoms with E-state index < -0.39 is 0 Å². The highest BCUT2D eigenvalue weighted by atomic mass is 16.5. The summed E-state index contributed by atoms with van der Waals surface area (Å²) in [6.45, 7) is 8.86. The number of anilines is 1. The van der Waals surface area contributed by atoms with Crippen molar-refractivity contribution in [2.24, 2.45) is 0 Å². The van der Waals surface area contributed by atoms with Gasteiger partial charge in [-0.25, -0.2) is 4.98 Å². The molecular formula is C12H16N4O. The maximum absolute atomic E-state index is 5.04. The minimum Gasteiger partial charge on any atom is -0.361 e. The minimum atomic E-state index is 0.650. The summed E-state index contributed by atoms with van der Waals surface area (Å²) in [5.74, 6) is 1.64. The summed E-state index contributed by atoms with van der Waals surface area (Å²) in [5, 5.41) is 7.16. The zero-order chi connectivity index (χ0) is 12.3. The molecule has 0 aliphatic rings. The van der Waals surface area contributed by atoms with Crippen LogP contribution in [0.1, 0.15) is 17.1 Å². The molecule has 2 rings (SSSR count). The van der Waals surface area contributed by atoms with E-state index in [0.717, 1.165) is 23.1 Å². The van der Waals surface area contributed by atoms with Gasteiger partial charge in [-0.05, 0) is 13.8 Å². The number of nitrogens with zero attached hydrogens (tertiary/aromatic N) is 3. The lowest BCUT2D eigenvalue weighted by Crippen LogP contribution is -2.07. The monoisotopic (exact) mass is 232 g/mol. The summed E-state index contributed by atoms with van der Waals surface area (Å²) >= 11 is 0. The van der Waals surface area contributed by atoms with Crippen LogP contribution in [-0.4, -0.2) is 21.3 Å². The maximum Gasteiger partial charge on any atom is 0.203 e. The molecule has 1 N–H and O–H groups in total. The van der Waals surface area contributed by atoms with Gasteiger partial charge in [-0.1, -0.05) is 11.2 Å². The Morgan fingerprint density at radius 2 is 2.35 bits per heavy atom. The standard InChI is InChI=1S/C12H16N4O/c1-4-5-13-12-14-9(2)7-16(12)8-11-6-10(3)17-15-11/h4,6-7H,1,5,8H2,2-3H3,(H,13,14). The molecule has 5 nitrogen and oxygen atoms in total. The number of aryl methyl sites for hydroxylation is 2. The summed E-state index contributed by atoms with van der Waals surface area (Å²) in [7, 11) is 0. The van der Waals surface area contributed by atoms with Crippen LogP contribution in [0.2, 0.25) is 0 Å². The summed E-state index contributed by atoms with van der Waals surface area (Å²) < 4.78 is 7.05. The van der Waals surface area contributed by atoms with Crippen LogP contribution in [0.3, 0.4) is 0 Å². The molecule has 2 heterocycles. The topological polar surface area (TPSA) is 55.9 Å². The van der Waals surface area contributed by atoms with Gasteiger partial charge >= 0.3 is 0 Å². The van der Waals surface area contributed by atoms with Gasteiger partial charge in [-0.2, -0.15) is 0 Å². The lowest BCUT2D eigenvalue weighted by molar-refractivity contribution is 0.389. The van der Waals surface area contributed by atoms with Crippen LogP contribution < -0.4 is 5.32 Å². The van der Waals surface area contributed by atoms with Crippen LogP contribution in [-0.2, 0) is 6.54 Å². The Morgan fingerprint density at radius 3 is 3.00 bits per heavy atom. The summed E-state index contributed by atoms with van der Waals surface area (Å²) in [6.07, 6.45) is 3.78. The van der Waals surface area contributed by atoms with E-state index in [4.69, 9.17) is 4.52 Å². The van der Waals surface area contributed by atoms with Crippen molar-refractivity contribution in [3.8, 4) is 0 Å². The van der Waals surface area contributed by atoms with E-state index in [9.17, 15) is 0 Å². The van der Waals surface area contributed by atoms with Gasteiger partial charge in [0.25, 0.3) is 0 Å². The number of hydrogen-bond acceptors (Lipinski definition) is 4. The quantitative estimate of drug-likeness (QED) is 0.802. The number of aromatic nitrogens is 3. The Hall–Kier alpha value is -2.04. The molecule has 17 heavy (non-hydrogen) atoms. The molecule has 0 atom stereocenters. The summed E-state index contributed by atoms with van der Waals surface area (Å²) in [6, 6.07) is 1.92. The van der Waals surface area contributed by atoms with Crippen LogP contribution in [0, 0.1) is 13.8 Å². The molecule has 0 aliphatic carbocycles. The maximum atomic E-state index is 5.04. The van der Waals surface area contributed by atoms with E-state index >= 15 is 0 Å². The van der Waals surface area contributed by atoms with Gasteiger partial charge in [0, 0.05) is 18.8 Å². The SMILES string of the molecule is C=CCNc1nc(C)cn1Cc1cc(C)on1. The normalized spacial score (nSPS) is 10.5. The summed E-state index contributed by atoms with van der Waals surface area (Å²) in [4.78, 5) is 4.40. The zero-order valence-corrected chi connectivity index (χ0v) is 10.1. The molecule has 0 saturated heterocycles. The van der Waals surface area contributed by atoms with Gasteiger partial charge in [0.2, 0.25) is 5.95 Å². The first-order valence-electron chi connectivity index (χ1n) is 5.50. The first kappa shape index (κ1) is 11.4. The second-order valence-corrected chi connectivity index (χ2v) is 3.93. The number of hydrogen-bond donors (Lipinski definition) is 1. The third-order valence-corrected chi connectivity index (χ3v) is 2.31. The van der Waals surface area contributed by atoms with Gasteiger partial charge < -0.3 is 14.4 Å². The fourth-order valence-electron chi connectivity index (χ4n) is 1.64. The predicted octanol–water partition coefficient (Wildman–Crippen LogP) is 2.13. The molecule has 0 unspecified atom stereocenters. The van der Waals surface area contributed by atoms with E-state index in [1.165, 1.54) is 0 Å². The lowest BCUT2D eigenvalue weighted by Gasteiger charge is -2.05. The third kappa shape index (κ3) is 2.75.